The van der Waals surface area contributed by atoms with Crippen LogP contribution in [0.5, 0.6) is 5.75 Å². The van der Waals surface area contributed by atoms with E-state index < -0.39 is 68.3 Å². The number of fused-ring (bicyclic) bond motifs is 1. The molecule has 0 bridgehead atoms. The van der Waals surface area contributed by atoms with E-state index in [9.17, 15) is 24.2 Å². The van der Waals surface area contributed by atoms with E-state index in [4.69, 9.17) is 43.2 Å². The summed E-state index contributed by atoms with van der Waals surface area (Å²) in [6.45, 7) is 7.08. The average Bonchev–Trinajstić information content (AvgIpc) is 3.75. The van der Waals surface area contributed by atoms with Crippen molar-refractivity contribution in [2.75, 3.05) is 78.0 Å². The summed E-state index contributed by atoms with van der Waals surface area (Å²) in [5.74, 6) is -2.08. The number of carbonyl (C=O) groups excluding carboxylic acids is 3. The standard InChI is InChI=1S/C37H48N7O12P/c1-25(2)52-36(47)26(3)41-57(48,56-27-7-5-4-6-8-27)51-24-37(23-38)35(54-32(46)22-43-15-19-50-20-16-43)34(53-31(45)21-42-13-17-49-18-14-42)33(55-37)30-10-9-29-28(39)11-12-40-44(29)30/h4-12,25-26,33-35H,13-22,24,39H2,1-3H3,(H,41,48)/t26-,33-,34-,35-,37+,57-/m0/s1. The van der Waals surface area contributed by atoms with Crippen LogP contribution in [0.4, 0.5) is 5.69 Å². The van der Waals surface area contributed by atoms with Gasteiger partial charge in [0.05, 0.1) is 62.5 Å². The predicted molar refractivity (Wildman–Crippen MR) is 201 cm³/mol. The molecule has 0 spiro atoms. The zero-order chi connectivity index (χ0) is 40.6. The van der Waals surface area contributed by atoms with Crippen molar-refractivity contribution < 1.29 is 56.4 Å². The fraction of sp³-hybridized carbons (Fsp3) is 0.541. The predicted octanol–water partition coefficient (Wildman–Crippen LogP) is 1.87. The number of hydrogen-bond acceptors (Lipinski definition) is 17. The molecule has 57 heavy (non-hydrogen) atoms. The highest BCUT2D eigenvalue weighted by Gasteiger charge is 2.62. The highest BCUT2D eigenvalue weighted by molar-refractivity contribution is 7.52. The number of ether oxygens (including phenoxy) is 6. The first kappa shape index (κ1) is 42.0. The number of para-hydroxylation sites is 1. The molecule has 308 valence electrons. The number of nitrogens with zero attached hydrogens (tertiary/aromatic N) is 5. The van der Waals surface area contributed by atoms with Crippen molar-refractivity contribution in [1.29, 1.82) is 5.26 Å². The van der Waals surface area contributed by atoms with Crippen LogP contribution in [-0.4, -0.2) is 140 Å². The number of nitriles is 1. The molecule has 2 aromatic heterocycles. The van der Waals surface area contributed by atoms with Crippen LogP contribution >= 0.6 is 7.75 Å². The summed E-state index contributed by atoms with van der Waals surface area (Å²) in [6.07, 6.45) is -3.43. The normalized spacial score (nSPS) is 24.6. The van der Waals surface area contributed by atoms with E-state index in [1.165, 1.54) is 29.8 Å². The number of nitrogens with two attached hydrogens (primary N) is 1. The molecular formula is C37H48N7O12P. The number of benzene rings is 1. The van der Waals surface area contributed by atoms with Gasteiger partial charge in [0.25, 0.3) is 0 Å². The number of rotatable bonds is 16. The summed E-state index contributed by atoms with van der Waals surface area (Å²) in [4.78, 5) is 44.0. The van der Waals surface area contributed by atoms with E-state index in [0.717, 1.165) is 0 Å². The molecule has 0 saturated carbocycles. The van der Waals surface area contributed by atoms with E-state index in [1.54, 1.807) is 50.2 Å². The molecule has 19 nitrogen and oxygen atoms in total. The maximum absolute atomic E-state index is 14.6. The third kappa shape index (κ3) is 10.5. The van der Waals surface area contributed by atoms with Crippen LogP contribution in [-0.2, 0) is 51.9 Å². The largest absolute Gasteiger partial charge is 0.462 e. The molecule has 3 aromatic rings. The van der Waals surface area contributed by atoms with Crippen molar-refractivity contribution in [3.8, 4) is 11.8 Å². The number of aromatic nitrogens is 2. The Balaban J connectivity index is 1.38. The second-order valence-corrected chi connectivity index (χ2v) is 15.7. The van der Waals surface area contributed by atoms with Gasteiger partial charge in [0.1, 0.15) is 30.6 Å². The molecule has 3 aliphatic heterocycles. The lowest BCUT2D eigenvalue weighted by Crippen LogP contribution is -2.51. The minimum Gasteiger partial charge on any atom is -0.462 e. The number of nitrogens with one attached hydrogen (secondary N) is 1. The summed E-state index contributed by atoms with van der Waals surface area (Å²) >= 11 is 0. The number of morpholine rings is 2. The number of hydrogen-bond donors (Lipinski definition) is 2. The van der Waals surface area contributed by atoms with Gasteiger partial charge in [-0.2, -0.15) is 15.4 Å². The molecule has 0 radical (unpaired) electrons. The third-order valence-corrected chi connectivity index (χ3v) is 11.0. The second kappa shape index (κ2) is 18.7. The fourth-order valence-electron chi connectivity index (χ4n) is 6.58. The third-order valence-electron chi connectivity index (χ3n) is 9.40. The van der Waals surface area contributed by atoms with Gasteiger partial charge >= 0.3 is 25.7 Å². The summed E-state index contributed by atoms with van der Waals surface area (Å²) in [7, 11) is -4.59. The van der Waals surface area contributed by atoms with Crippen molar-refractivity contribution in [1.82, 2.24) is 24.5 Å². The van der Waals surface area contributed by atoms with Gasteiger partial charge in [-0.3, -0.25) is 28.7 Å². The molecule has 1 aromatic carbocycles. The van der Waals surface area contributed by atoms with Gasteiger partial charge in [0.2, 0.25) is 5.60 Å². The van der Waals surface area contributed by atoms with Crippen LogP contribution in [0.15, 0.2) is 54.7 Å². The van der Waals surface area contributed by atoms with Crippen LogP contribution in [0.3, 0.4) is 0 Å². The minimum atomic E-state index is -4.59. The Morgan fingerprint density at radius 2 is 1.60 bits per heavy atom. The first-order valence-corrected chi connectivity index (χ1v) is 20.2. The van der Waals surface area contributed by atoms with Gasteiger partial charge in [0, 0.05) is 32.4 Å². The van der Waals surface area contributed by atoms with Crippen molar-refractivity contribution in [3.05, 3.63) is 60.4 Å². The molecule has 6 atom stereocenters. The fourth-order valence-corrected chi connectivity index (χ4v) is 8.10. The smallest absolute Gasteiger partial charge is 0.459 e. The lowest BCUT2D eigenvalue weighted by Gasteiger charge is -2.32. The molecule has 3 fully saturated rings. The van der Waals surface area contributed by atoms with Gasteiger partial charge in [-0.1, -0.05) is 18.2 Å². The highest BCUT2D eigenvalue weighted by Crippen LogP contribution is 2.50. The molecule has 6 rings (SSSR count). The summed E-state index contributed by atoms with van der Waals surface area (Å²) in [6, 6.07) is 13.8. The lowest BCUT2D eigenvalue weighted by molar-refractivity contribution is -0.172. The monoisotopic (exact) mass is 813 g/mol. The molecule has 0 amide bonds. The molecule has 3 N–H and O–H groups in total. The molecule has 0 unspecified atom stereocenters. The Kier molecular flexibility index (Phi) is 13.8. The van der Waals surface area contributed by atoms with Crippen LogP contribution in [0.1, 0.15) is 32.6 Å². The molecule has 0 aliphatic carbocycles. The van der Waals surface area contributed by atoms with Crippen LogP contribution < -0.4 is 15.3 Å². The quantitative estimate of drug-likeness (QED) is 0.120. The molecular weight excluding hydrogens is 765 g/mol. The van der Waals surface area contributed by atoms with E-state index in [-0.39, 0.29) is 18.8 Å². The summed E-state index contributed by atoms with van der Waals surface area (Å²) in [5.41, 5.74) is 5.14. The summed E-state index contributed by atoms with van der Waals surface area (Å²) in [5, 5.41) is 18.1. The van der Waals surface area contributed by atoms with Gasteiger partial charge in [0.15, 0.2) is 12.2 Å². The molecule has 5 heterocycles. The van der Waals surface area contributed by atoms with Crippen LogP contribution in [0.2, 0.25) is 0 Å². The van der Waals surface area contributed by atoms with Crippen molar-refractivity contribution in [2.45, 2.75) is 56.8 Å². The first-order chi connectivity index (χ1) is 27.4. The maximum atomic E-state index is 14.6. The topological polar surface area (TPSA) is 228 Å². The number of esters is 3. The van der Waals surface area contributed by atoms with E-state index in [2.05, 4.69) is 16.3 Å². The van der Waals surface area contributed by atoms with E-state index >= 15 is 0 Å². The Labute approximate surface area is 329 Å². The maximum Gasteiger partial charge on any atom is 0.459 e. The lowest BCUT2D eigenvalue weighted by atomic mass is 9.95. The number of anilines is 1. The van der Waals surface area contributed by atoms with Gasteiger partial charge < -0.3 is 38.7 Å². The Morgan fingerprint density at radius 1 is 0.965 bits per heavy atom. The SMILES string of the molecule is CC(C)OC(=O)[C@H](C)N[P@](=O)(OC[C@@]1(C#N)O[C@@H](c2ccc3c(N)ccnn23)[C@H](OC(=O)CN2CCOCC2)[C@@H]1OC(=O)CN1CCOCC1)Oc1ccccc1. The first-order valence-electron chi connectivity index (χ1n) is 18.7. The van der Waals surface area contributed by atoms with Gasteiger partial charge in [-0.05, 0) is 51.1 Å². The van der Waals surface area contributed by atoms with Crippen molar-refractivity contribution in [3.63, 3.8) is 0 Å². The molecule has 3 saturated heterocycles. The minimum absolute atomic E-state index is 0.112. The van der Waals surface area contributed by atoms with Gasteiger partial charge in [-0.15, -0.1) is 0 Å². The average molecular weight is 814 g/mol. The molecule has 3 aliphatic rings. The highest BCUT2D eigenvalue weighted by atomic mass is 31.2. The number of nitrogen functional groups attached to an aromatic ring is 1. The van der Waals surface area contributed by atoms with Gasteiger partial charge in [-0.25, -0.2) is 9.08 Å². The Hall–Kier alpha value is -4.64. The molecule has 20 heteroatoms. The van der Waals surface area contributed by atoms with Crippen molar-refractivity contribution in [2.24, 2.45) is 0 Å². The van der Waals surface area contributed by atoms with Crippen LogP contribution in [0.25, 0.3) is 5.52 Å². The Bertz CT molecular complexity index is 1950. The summed E-state index contributed by atoms with van der Waals surface area (Å²) < 4.78 is 62.8. The second-order valence-electron chi connectivity index (χ2n) is 14.0. The zero-order valence-electron chi connectivity index (χ0n) is 32.0. The van der Waals surface area contributed by atoms with Crippen molar-refractivity contribution >= 4 is 36.9 Å². The number of carbonyl (C=O) groups is 3. The zero-order valence-corrected chi connectivity index (χ0v) is 32.9. The van der Waals surface area contributed by atoms with E-state index in [1.807, 2.05) is 9.80 Å². The Morgan fingerprint density at radius 3 is 2.21 bits per heavy atom. The van der Waals surface area contributed by atoms with Crippen LogP contribution in [0, 0.1) is 11.3 Å². The van der Waals surface area contributed by atoms with E-state index in [0.29, 0.717) is 69.5 Å².